The molecular weight excluding hydrogens is 386 g/mol. The molecule has 0 aliphatic carbocycles. The van der Waals surface area contributed by atoms with Crippen LogP contribution in [0.2, 0.25) is 0 Å². The molecule has 0 saturated carbocycles. The summed E-state index contributed by atoms with van der Waals surface area (Å²) in [5.41, 5.74) is 1.82. The third kappa shape index (κ3) is 4.12. The number of hydrogen-bond donors (Lipinski definition) is 0. The molecule has 1 aromatic carbocycles. The fourth-order valence-electron chi connectivity index (χ4n) is 4.11. The predicted molar refractivity (Wildman–Crippen MR) is 115 cm³/mol. The second-order valence-electron chi connectivity index (χ2n) is 7.51. The van der Waals surface area contributed by atoms with Gasteiger partial charge < -0.3 is 14.2 Å². The van der Waals surface area contributed by atoms with Crippen LogP contribution in [0.1, 0.15) is 57.2 Å². The van der Waals surface area contributed by atoms with E-state index in [1.54, 1.807) is 19.6 Å². The summed E-state index contributed by atoms with van der Waals surface area (Å²) in [4.78, 5) is 24.7. The van der Waals surface area contributed by atoms with Crippen LogP contribution in [0.3, 0.4) is 0 Å². The second kappa shape index (κ2) is 9.13. The maximum atomic E-state index is 13.9. The fourth-order valence-corrected chi connectivity index (χ4v) is 4.53. The molecule has 2 aromatic rings. The number of aromatic nitrogens is 2. The minimum absolute atomic E-state index is 0.0667. The van der Waals surface area contributed by atoms with E-state index in [0.29, 0.717) is 18.1 Å². The summed E-state index contributed by atoms with van der Waals surface area (Å²) >= 11 is -1.29. The van der Waals surface area contributed by atoms with Crippen molar-refractivity contribution in [2.75, 3.05) is 18.3 Å². The van der Waals surface area contributed by atoms with Crippen LogP contribution in [-0.4, -0.2) is 33.8 Å². The van der Waals surface area contributed by atoms with Crippen molar-refractivity contribution in [1.29, 1.82) is 0 Å². The fraction of sp³-hybridized carbons (Fsp3) is 0.500. The molecule has 2 atom stereocenters. The molecule has 2 heterocycles. The first-order chi connectivity index (χ1) is 14.0. The maximum Gasteiger partial charge on any atom is 0.342 e. The lowest BCUT2D eigenvalue weighted by Gasteiger charge is -2.42. The van der Waals surface area contributed by atoms with Crippen LogP contribution in [0.5, 0.6) is 5.75 Å². The number of benzene rings is 1. The number of fused-ring (bicyclic) bond motifs is 1. The van der Waals surface area contributed by atoms with Gasteiger partial charge in [0.1, 0.15) is 12.0 Å². The van der Waals surface area contributed by atoms with E-state index in [1.807, 2.05) is 29.2 Å². The van der Waals surface area contributed by atoms with E-state index in [9.17, 15) is 9.35 Å². The number of ether oxygens (including phenoxy) is 1. The quantitative estimate of drug-likeness (QED) is 0.481. The van der Waals surface area contributed by atoms with E-state index in [-0.39, 0.29) is 5.91 Å². The van der Waals surface area contributed by atoms with Gasteiger partial charge in [-0.1, -0.05) is 33.1 Å². The molecule has 0 bridgehead atoms. The van der Waals surface area contributed by atoms with Crippen molar-refractivity contribution in [3.63, 3.8) is 0 Å². The number of carbonyl (C=O) groups is 1. The Balaban J connectivity index is 2.14. The van der Waals surface area contributed by atoms with Crippen LogP contribution in [-0.2, 0) is 27.9 Å². The molecule has 1 aromatic heterocycles. The normalized spacial score (nSPS) is 19.8. The van der Waals surface area contributed by atoms with Crippen molar-refractivity contribution in [2.24, 2.45) is 0 Å². The number of amides is 1. The van der Waals surface area contributed by atoms with E-state index in [2.05, 4.69) is 23.8 Å². The van der Waals surface area contributed by atoms with Gasteiger partial charge in [0, 0.05) is 28.6 Å². The molecule has 0 N–H and O–H groups in total. The van der Waals surface area contributed by atoms with E-state index in [0.717, 1.165) is 48.4 Å². The zero-order chi connectivity index (χ0) is 21.0. The summed E-state index contributed by atoms with van der Waals surface area (Å²) in [6.45, 7) is 4.63. The first kappa shape index (κ1) is 21.6. The minimum atomic E-state index is -1.29. The van der Waals surface area contributed by atoms with Crippen molar-refractivity contribution in [3.05, 3.63) is 41.7 Å². The second-order valence-corrected chi connectivity index (χ2v) is 8.78. The molecule has 0 radical (unpaired) electrons. The molecule has 2 unspecified atom stereocenters. The van der Waals surface area contributed by atoms with Gasteiger partial charge in [-0.05, 0) is 37.1 Å². The molecule has 0 saturated heterocycles. The largest absolute Gasteiger partial charge is 0.609 e. The molecule has 3 rings (SSSR count). The topological polar surface area (TPSA) is 78.4 Å². The highest BCUT2D eigenvalue weighted by Gasteiger charge is 2.48. The lowest BCUT2D eigenvalue weighted by Crippen LogP contribution is -2.52. The predicted octanol–water partition coefficient (Wildman–Crippen LogP) is 4.00. The number of anilines is 1. The summed E-state index contributed by atoms with van der Waals surface area (Å²) < 4.78 is 17.3. The van der Waals surface area contributed by atoms with Crippen LogP contribution in [0.15, 0.2) is 35.6 Å². The highest BCUT2D eigenvalue weighted by molar-refractivity contribution is 7.90. The van der Waals surface area contributed by atoms with Gasteiger partial charge in [-0.3, -0.25) is 4.79 Å². The highest BCUT2D eigenvalue weighted by atomic mass is 32.2. The Hall–Kier alpha value is -2.12. The van der Waals surface area contributed by atoms with Gasteiger partial charge in [0.05, 0.1) is 24.8 Å². The van der Waals surface area contributed by atoms with Crippen molar-refractivity contribution in [1.82, 2.24) is 9.97 Å². The summed E-state index contributed by atoms with van der Waals surface area (Å²) in [6.07, 6.45) is 7.53. The van der Waals surface area contributed by atoms with Gasteiger partial charge in [0.15, 0.2) is 0 Å². The third-order valence-electron chi connectivity index (χ3n) is 5.55. The number of nitrogens with zero attached hydrogens (tertiary/aromatic N) is 3. The third-order valence-corrected chi connectivity index (χ3v) is 6.26. The standard InChI is InChI=1S/C22H29N3O3S/c1-5-7-13-22(12-6-2)19-16(14-23-21(24-19)29(4)27)15-25(20(22)26)17-8-10-18(28-3)11-9-17/h8-11,14H,5-7,12-13,15H2,1-4H3. The van der Waals surface area contributed by atoms with Crippen molar-refractivity contribution in [2.45, 2.75) is 63.1 Å². The van der Waals surface area contributed by atoms with E-state index >= 15 is 0 Å². The first-order valence-electron chi connectivity index (χ1n) is 10.1. The van der Waals surface area contributed by atoms with Gasteiger partial charge in [-0.15, -0.1) is 0 Å². The van der Waals surface area contributed by atoms with E-state index < -0.39 is 16.6 Å². The number of rotatable bonds is 8. The van der Waals surface area contributed by atoms with Crippen LogP contribution >= 0.6 is 0 Å². The Labute approximate surface area is 175 Å². The van der Waals surface area contributed by atoms with Crippen molar-refractivity contribution in [3.8, 4) is 5.75 Å². The molecule has 1 aliphatic heterocycles. The molecular formula is C22H29N3O3S. The summed E-state index contributed by atoms with van der Waals surface area (Å²) in [7, 11) is 1.63. The Bertz CT molecular complexity index is 857. The van der Waals surface area contributed by atoms with Crippen LogP contribution in [0, 0.1) is 0 Å². The lowest BCUT2D eigenvalue weighted by molar-refractivity contribution is -0.125. The molecule has 0 fully saturated rings. The maximum absolute atomic E-state index is 13.9. The number of methoxy groups -OCH3 is 1. The Kier molecular flexibility index (Phi) is 6.80. The van der Waals surface area contributed by atoms with Gasteiger partial charge in [0.2, 0.25) is 5.91 Å². The average molecular weight is 416 g/mol. The Morgan fingerprint density at radius 1 is 1.21 bits per heavy atom. The number of carbonyl (C=O) groups excluding carboxylic acids is 1. The summed E-state index contributed by atoms with van der Waals surface area (Å²) in [5, 5.41) is 0.298. The molecule has 6 nitrogen and oxygen atoms in total. The Morgan fingerprint density at radius 3 is 2.52 bits per heavy atom. The van der Waals surface area contributed by atoms with Crippen LogP contribution < -0.4 is 9.64 Å². The van der Waals surface area contributed by atoms with Gasteiger partial charge in [-0.2, -0.15) is 9.97 Å². The number of hydrogen-bond acceptors (Lipinski definition) is 5. The number of unbranched alkanes of at least 4 members (excludes halogenated alkanes) is 1. The molecule has 1 aliphatic rings. The molecule has 156 valence electrons. The van der Waals surface area contributed by atoms with E-state index in [4.69, 9.17) is 4.74 Å². The average Bonchev–Trinajstić information content (AvgIpc) is 2.74. The van der Waals surface area contributed by atoms with Crippen LogP contribution in [0.25, 0.3) is 0 Å². The van der Waals surface area contributed by atoms with Gasteiger partial charge in [-0.25, -0.2) is 0 Å². The van der Waals surface area contributed by atoms with Crippen molar-refractivity contribution < 1.29 is 14.1 Å². The Morgan fingerprint density at radius 2 is 1.93 bits per heavy atom. The van der Waals surface area contributed by atoms with Crippen molar-refractivity contribution >= 4 is 22.8 Å². The van der Waals surface area contributed by atoms with Gasteiger partial charge >= 0.3 is 5.16 Å². The summed E-state index contributed by atoms with van der Waals surface area (Å²) in [6, 6.07) is 7.56. The van der Waals surface area contributed by atoms with E-state index in [1.165, 1.54) is 0 Å². The zero-order valence-electron chi connectivity index (χ0n) is 17.6. The highest BCUT2D eigenvalue weighted by Crippen LogP contribution is 2.43. The lowest BCUT2D eigenvalue weighted by atomic mass is 9.71. The summed E-state index contributed by atoms with van der Waals surface area (Å²) in [5.74, 6) is 0.819. The zero-order valence-corrected chi connectivity index (χ0v) is 18.4. The minimum Gasteiger partial charge on any atom is -0.609 e. The molecule has 1 amide bonds. The van der Waals surface area contributed by atoms with Gasteiger partial charge in [0.25, 0.3) is 0 Å². The SMILES string of the molecule is CCCCC1(CCC)C(=O)N(c2ccc(OC)cc2)Cc2cnc([S+](C)[O-])nc21. The smallest absolute Gasteiger partial charge is 0.342 e. The van der Waals surface area contributed by atoms with Crippen LogP contribution in [0.4, 0.5) is 5.69 Å². The molecule has 29 heavy (non-hydrogen) atoms. The monoisotopic (exact) mass is 415 g/mol. The molecule has 7 heteroatoms. The molecule has 0 spiro atoms. The first-order valence-corrected chi connectivity index (χ1v) is 11.7.